The van der Waals surface area contributed by atoms with Crippen LogP contribution in [0.2, 0.25) is 0 Å². The van der Waals surface area contributed by atoms with Gasteiger partial charge in [-0.2, -0.15) is 0 Å². The number of para-hydroxylation sites is 1. The van der Waals surface area contributed by atoms with Crippen LogP contribution in [0, 0.1) is 0 Å². The summed E-state index contributed by atoms with van der Waals surface area (Å²) in [5.41, 5.74) is 2.88. The lowest BCUT2D eigenvalue weighted by molar-refractivity contribution is 0.447. The predicted molar refractivity (Wildman–Crippen MR) is 76.8 cm³/mol. The molecule has 0 aromatic heterocycles. The van der Waals surface area contributed by atoms with Crippen LogP contribution in [0.25, 0.3) is 0 Å². The standard InChI is InChI=1S/C15H26N2/c1-14(2,3)12-9-7-8-10-13(12)17-11-15(4,5)16-6/h7-10,16-17H,11H2,1-6H3. The second-order valence-electron chi connectivity index (χ2n) is 6.28. The highest BCUT2D eigenvalue weighted by molar-refractivity contribution is 5.54. The van der Waals surface area contributed by atoms with Crippen LogP contribution in [0.1, 0.15) is 40.2 Å². The number of likely N-dealkylation sites (N-methyl/N-ethyl adjacent to an activating group) is 1. The zero-order valence-corrected chi connectivity index (χ0v) is 12.0. The van der Waals surface area contributed by atoms with Crippen molar-refractivity contribution in [3.05, 3.63) is 29.8 Å². The zero-order valence-electron chi connectivity index (χ0n) is 12.0. The summed E-state index contributed by atoms with van der Waals surface area (Å²) in [5.74, 6) is 0. The topological polar surface area (TPSA) is 24.1 Å². The number of hydrogen-bond acceptors (Lipinski definition) is 2. The van der Waals surface area contributed by atoms with Crippen LogP contribution < -0.4 is 10.6 Å². The van der Waals surface area contributed by atoms with Crippen molar-refractivity contribution < 1.29 is 0 Å². The van der Waals surface area contributed by atoms with Crippen molar-refractivity contribution in [2.75, 3.05) is 18.9 Å². The quantitative estimate of drug-likeness (QED) is 0.834. The molecule has 2 N–H and O–H groups in total. The first-order valence-electron chi connectivity index (χ1n) is 6.28. The lowest BCUT2D eigenvalue weighted by atomic mass is 9.85. The molecule has 17 heavy (non-hydrogen) atoms. The maximum atomic E-state index is 3.55. The maximum absolute atomic E-state index is 3.55. The largest absolute Gasteiger partial charge is 0.383 e. The molecular formula is C15H26N2. The molecule has 0 aliphatic heterocycles. The van der Waals surface area contributed by atoms with Gasteiger partial charge in [0.15, 0.2) is 0 Å². The Morgan fingerprint density at radius 3 is 2.12 bits per heavy atom. The van der Waals surface area contributed by atoms with Gasteiger partial charge in [-0.1, -0.05) is 39.0 Å². The minimum Gasteiger partial charge on any atom is -0.383 e. The summed E-state index contributed by atoms with van der Waals surface area (Å²) in [4.78, 5) is 0. The van der Waals surface area contributed by atoms with Crippen molar-refractivity contribution in [2.45, 2.75) is 45.6 Å². The Kier molecular flexibility index (Phi) is 4.21. The fraction of sp³-hybridized carbons (Fsp3) is 0.600. The van der Waals surface area contributed by atoms with E-state index in [1.807, 2.05) is 7.05 Å². The van der Waals surface area contributed by atoms with E-state index in [4.69, 9.17) is 0 Å². The van der Waals surface area contributed by atoms with Crippen LogP contribution in [-0.2, 0) is 5.41 Å². The molecule has 0 radical (unpaired) electrons. The van der Waals surface area contributed by atoms with Crippen molar-refractivity contribution in [1.29, 1.82) is 0 Å². The number of hydrogen-bond donors (Lipinski definition) is 2. The molecule has 2 nitrogen and oxygen atoms in total. The number of nitrogens with one attached hydrogen (secondary N) is 2. The van der Waals surface area contributed by atoms with Crippen LogP contribution in [0.4, 0.5) is 5.69 Å². The van der Waals surface area contributed by atoms with Gasteiger partial charge in [0.2, 0.25) is 0 Å². The summed E-state index contributed by atoms with van der Waals surface area (Å²) in [6.07, 6.45) is 0. The molecule has 0 aliphatic rings. The van der Waals surface area contributed by atoms with Gasteiger partial charge in [0.25, 0.3) is 0 Å². The molecule has 96 valence electrons. The Bertz CT molecular complexity index is 361. The zero-order chi connectivity index (χ0) is 13.1. The first kappa shape index (κ1) is 14.0. The number of benzene rings is 1. The molecule has 2 heteroatoms. The van der Waals surface area contributed by atoms with Crippen LogP contribution in [0.3, 0.4) is 0 Å². The Hall–Kier alpha value is -1.02. The van der Waals surface area contributed by atoms with Crippen LogP contribution in [-0.4, -0.2) is 19.1 Å². The lowest BCUT2D eigenvalue weighted by Crippen LogP contribution is -2.43. The van der Waals surface area contributed by atoms with E-state index in [0.29, 0.717) is 0 Å². The van der Waals surface area contributed by atoms with E-state index in [0.717, 1.165) is 6.54 Å². The van der Waals surface area contributed by atoms with Crippen LogP contribution in [0.5, 0.6) is 0 Å². The molecular weight excluding hydrogens is 208 g/mol. The molecule has 0 amide bonds. The highest BCUT2D eigenvalue weighted by Gasteiger charge is 2.19. The van der Waals surface area contributed by atoms with Crippen molar-refractivity contribution in [1.82, 2.24) is 5.32 Å². The minimum atomic E-state index is 0.102. The first-order chi connectivity index (χ1) is 7.76. The van der Waals surface area contributed by atoms with Crippen molar-refractivity contribution in [3.8, 4) is 0 Å². The molecule has 0 saturated carbocycles. The summed E-state index contributed by atoms with van der Waals surface area (Å²) in [6.45, 7) is 12.0. The van der Waals surface area contributed by atoms with E-state index >= 15 is 0 Å². The maximum Gasteiger partial charge on any atom is 0.0378 e. The molecule has 1 aromatic carbocycles. The fourth-order valence-corrected chi connectivity index (χ4v) is 1.70. The molecule has 0 heterocycles. The third-order valence-electron chi connectivity index (χ3n) is 3.13. The predicted octanol–water partition coefficient (Wildman–Crippen LogP) is 3.39. The van der Waals surface area contributed by atoms with Gasteiger partial charge in [0, 0.05) is 17.8 Å². The minimum absolute atomic E-state index is 0.102. The Morgan fingerprint density at radius 2 is 1.59 bits per heavy atom. The first-order valence-corrected chi connectivity index (χ1v) is 6.28. The fourth-order valence-electron chi connectivity index (χ4n) is 1.70. The average molecular weight is 234 g/mol. The van der Waals surface area contributed by atoms with E-state index in [-0.39, 0.29) is 11.0 Å². The van der Waals surface area contributed by atoms with E-state index in [1.54, 1.807) is 0 Å². The summed E-state index contributed by atoms with van der Waals surface area (Å²) in [6, 6.07) is 8.56. The molecule has 0 aliphatic carbocycles. The number of rotatable bonds is 4. The Balaban J connectivity index is 2.85. The van der Waals surface area contributed by atoms with E-state index in [2.05, 4.69) is 69.5 Å². The smallest absolute Gasteiger partial charge is 0.0378 e. The molecule has 1 aromatic rings. The third kappa shape index (κ3) is 4.04. The van der Waals surface area contributed by atoms with Gasteiger partial charge in [0.05, 0.1) is 0 Å². The van der Waals surface area contributed by atoms with Gasteiger partial charge in [-0.25, -0.2) is 0 Å². The summed E-state index contributed by atoms with van der Waals surface area (Å²) < 4.78 is 0. The van der Waals surface area contributed by atoms with Gasteiger partial charge in [-0.05, 0) is 37.9 Å². The summed E-state index contributed by atoms with van der Waals surface area (Å²) in [7, 11) is 2.00. The molecule has 0 unspecified atom stereocenters. The van der Waals surface area contributed by atoms with Crippen LogP contribution in [0.15, 0.2) is 24.3 Å². The monoisotopic (exact) mass is 234 g/mol. The van der Waals surface area contributed by atoms with Crippen molar-refractivity contribution >= 4 is 5.69 Å². The van der Waals surface area contributed by atoms with Crippen molar-refractivity contribution in [3.63, 3.8) is 0 Å². The van der Waals surface area contributed by atoms with Gasteiger partial charge in [-0.15, -0.1) is 0 Å². The molecule has 1 rings (SSSR count). The molecule has 0 fully saturated rings. The van der Waals surface area contributed by atoms with Gasteiger partial charge < -0.3 is 10.6 Å². The second kappa shape index (κ2) is 5.09. The molecule has 0 spiro atoms. The lowest BCUT2D eigenvalue weighted by Gasteiger charge is -2.28. The Morgan fingerprint density at radius 1 is 1.00 bits per heavy atom. The third-order valence-corrected chi connectivity index (χ3v) is 3.13. The van der Waals surface area contributed by atoms with Gasteiger partial charge >= 0.3 is 0 Å². The summed E-state index contributed by atoms with van der Waals surface area (Å²) in [5, 5.41) is 6.86. The normalized spacial score (nSPS) is 12.6. The summed E-state index contributed by atoms with van der Waals surface area (Å²) >= 11 is 0. The highest BCUT2D eigenvalue weighted by Crippen LogP contribution is 2.29. The Labute approximate surface area is 106 Å². The SMILES string of the molecule is CNC(C)(C)CNc1ccccc1C(C)(C)C. The van der Waals surface area contributed by atoms with E-state index in [9.17, 15) is 0 Å². The molecule has 0 bridgehead atoms. The van der Waals surface area contributed by atoms with Crippen LogP contribution >= 0.6 is 0 Å². The second-order valence-corrected chi connectivity index (χ2v) is 6.28. The number of anilines is 1. The average Bonchev–Trinajstić information content (AvgIpc) is 2.26. The molecule has 0 atom stereocenters. The highest BCUT2D eigenvalue weighted by atomic mass is 15.0. The van der Waals surface area contributed by atoms with E-state index < -0.39 is 0 Å². The van der Waals surface area contributed by atoms with Gasteiger partial charge in [0.1, 0.15) is 0 Å². The van der Waals surface area contributed by atoms with E-state index in [1.165, 1.54) is 11.3 Å². The molecule has 0 saturated heterocycles. The van der Waals surface area contributed by atoms with Gasteiger partial charge in [-0.3, -0.25) is 0 Å². The van der Waals surface area contributed by atoms with Crippen molar-refractivity contribution in [2.24, 2.45) is 0 Å².